The number of hydrogen-bond acceptors (Lipinski definition) is 10. The van der Waals surface area contributed by atoms with E-state index in [-0.39, 0.29) is 23.6 Å². The number of ether oxygens (including phenoxy) is 3. The Morgan fingerprint density at radius 3 is 2.34 bits per heavy atom. The van der Waals surface area contributed by atoms with Gasteiger partial charge in [-0.05, 0) is 60.3 Å². The van der Waals surface area contributed by atoms with E-state index < -0.39 is 40.8 Å². The molecule has 0 aliphatic carbocycles. The van der Waals surface area contributed by atoms with Gasteiger partial charge in [0.15, 0.2) is 11.5 Å². The Morgan fingerprint density at radius 1 is 0.860 bits per heavy atom. The van der Waals surface area contributed by atoms with Gasteiger partial charge in [0.2, 0.25) is 17.7 Å². The van der Waals surface area contributed by atoms with Crippen LogP contribution in [0.25, 0.3) is 10.8 Å². The van der Waals surface area contributed by atoms with Crippen LogP contribution in [0.4, 0.5) is 11.4 Å². The maximum absolute atomic E-state index is 14.3. The highest BCUT2D eigenvalue weighted by molar-refractivity contribution is 8.00. The fraction of sp³-hybridized carbons (Fsp3) is 0.216. The molecule has 13 heteroatoms. The standard InChI is InChI=1S/C37H31N3O8S2/c1-4-48-36(44)21-12-15-23(16-13-21)40-33(42)30-29(22-14-17-26(46-2)27(18-22)47-3)32-35(49-31(30)34(40)43)39(37(45)50-32)19-28(41)38-25-11-7-9-20-8-5-6-10-24(20)25/h5-18,29-31H,4,19H2,1-3H3,(H,38,41). The fourth-order valence-corrected chi connectivity index (χ4v) is 9.32. The van der Waals surface area contributed by atoms with Crippen LogP contribution in [0.5, 0.6) is 11.5 Å². The number of esters is 1. The van der Waals surface area contributed by atoms with Crippen LogP contribution in [0.15, 0.2) is 94.7 Å². The summed E-state index contributed by atoms with van der Waals surface area (Å²) >= 11 is 2.07. The molecule has 11 nitrogen and oxygen atoms in total. The zero-order chi connectivity index (χ0) is 35.1. The predicted molar refractivity (Wildman–Crippen MR) is 191 cm³/mol. The van der Waals surface area contributed by atoms with E-state index >= 15 is 0 Å². The van der Waals surface area contributed by atoms with Crippen LogP contribution < -0.4 is 24.6 Å². The molecule has 0 spiro atoms. The lowest BCUT2D eigenvalue weighted by molar-refractivity contribution is -0.122. The summed E-state index contributed by atoms with van der Waals surface area (Å²) in [6, 6.07) is 24.6. The second-order valence-corrected chi connectivity index (χ2v) is 13.8. The molecule has 3 unspecified atom stereocenters. The summed E-state index contributed by atoms with van der Waals surface area (Å²) in [5.74, 6) is -2.51. The maximum atomic E-state index is 14.3. The van der Waals surface area contributed by atoms with Crippen molar-refractivity contribution in [3.8, 4) is 11.5 Å². The summed E-state index contributed by atoms with van der Waals surface area (Å²) in [5.41, 5.74) is 1.86. The van der Waals surface area contributed by atoms with Crippen LogP contribution >= 0.6 is 23.1 Å². The first-order valence-corrected chi connectivity index (χ1v) is 17.5. The van der Waals surface area contributed by atoms with E-state index in [1.165, 1.54) is 30.9 Å². The summed E-state index contributed by atoms with van der Waals surface area (Å²) in [6.07, 6.45) is 0. The first-order valence-electron chi connectivity index (χ1n) is 15.8. The van der Waals surface area contributed by atoms with Gasteiger partial charge in [0.25, 0.3) is 0 Å². The van der Waals surface area contributed by atoms with Crippen molar-refractivity contribution < 1.29 is 33.4 Å². The zero-order valence-electron chi connectivity index (χ0n) is 27.2. The Bertz CT molecular complexity index is 2220. The van der Waals surface area contributed by atoms with Crippen molar-refractivity contribution in [2.45, 2.75) is 29.7 Å². The molecule has 2 aliphatic heterocycles. The van der Waals surface area contributed by atoms with Crippen LogP contribution in [0.1, 0.15) is 33.6 Å². The number of carbonyl (C=O) groups is 4. The van der Waals surface area contributed by atoms with E-state index in [9.17, 15) is 24.0 Å². The third-order valence-electron chi connectivity index (χ3n) is 8.82. The zero-order valence-corrected chi connectivity index (χ0v) is 28.8. The fourth-order valence-electron chi connectivity index (χ4n) is 6.54. The number of anilines is 2. The predicted octanol–water partition coefficient (Wildman–Crippen LogP) is 5.69. The third-order valence-corrected chi connectivity index (χ3v) is 11.4. The molecule has 3 amide bonds. The first-order chi connectivity index (χ1) is 24.2. The highest BCUT2D eigenvalue weighted by Gasteiger charge is 2.57. The number of carbonyl (C=O) groups excluding carboxylic acids is 4. The van der Waals surface area contributed by atoms with Crippen molar-refractivity contribution >= 4 is 68.9 Å². The number of amides is 3. The van der Waals surface area contributed by atoms with Crippen LogP contribution in [-0.2, 0) is 25.7 Å². The normalized spacial score (nSPS) is 18.1. The molecular weight excluding hydrogens is 679 g/mol. The Labute approximate surface area is 294 Å². The summed E-state index contributed by atoms with van der Waals surface area (Å²) in [5, 5.41) is 4.31. The molecule has 4 aromatic carbocycles. The number of fused-ring (bicyclic) bond motifs is 3. The Kier molecular flexibility index (Phi) is 8.93. The molecule has 0 bridgehead atoms. The van der Waals surface area contributed by atoms with Crippen LogP contribution in [-0.4, -0.2) is 54.3 Å². The molecule has 1 N–H and O–H groups in total. The van der Waals surface area contributed by atoms with Crippen molar-refractivity contribution in [2.75, 3.05) is 31.0 Å². The van der Waals surface area contributed by atoms with Gasteiger partial charge in [-0.2, -0.15) is 0 Å². The quantitative estimate of drug-likeness (QED) is 0.151. The lowest BCUT2D eigenvalue weighted by Gasteiger charge is -2.31. The topological polar surface area (TPSA) is 133 Å². The number of methoxy groups -OCH3 is 2. The summed E-state index contributed by atoms with van der Waals surface area (Å²) in [6.45, 7) is 1.62. The summed E-state index contributed by atoms with van der Waals surface area (Å²) in [7, 11) is 3.02. The average Bonchev–Trinajstić information content (AvgIpc) is 3.57. The number of thioether (sulfide) groups is 1. The number of thiazole rings is 1. The minimum Gasteiger partial charge on any atom is -0.493 e. The van der Waals surface area contributed by atoms with Gasteiger partial charge in [0, 0.05) is 21.9 Å². The third kappa shape index (κ3) is 5.71. The molecule has 3 heterocycles. The van der Waals surface area contributed by atoms with E-state index in [0.717, 1.165) is 38.8 Å². The van der Waals surface area contributed by atoms with E-state index in [2.05, 4.69) is 5.32 Å². The van der Waals surface area contributed by atoms with Gasteiger partial charge in [-0.15, -0.1) is 0 Å². The van der Waals surface area contributed by atoms with Gasteiger partial charge in [0.1, 0.15) is 11.8 Å². The SMILES string of the molecule is CCOC(=O)c1ccc(N2C(=O)C3Sc4c(sc(=O)n4CC(=O)Nc4cccc5ccccc45)C(c4ccc(OC)c(OC)c4)C3C2=O)cc1. The van der Waals surface area contributed by atoms with Gasteiger partial charge < -0.3 is 19.5 Å². The number of nitrogens with one attached hydrogen (secondary N) is 1. The lowest BCUT2D eigenvalue weighted by atomic mass is 9.83. The molecule has 0 radical (unpaired) electrons. The molecule has 254 valence electrons. The van der Waals surface area contributed by atoms with Gasteiger partial charge in [-0.3, -0.25) is 23.7 Å². The Hall–Kier alpha value is -5.40. The van der Waals surface area contributed by atoms with Gasteiger partial charge in [-0.1, -0.05) is 65.6 Å². The Balaban J connectivity index is 1.28. The molecule has 1 fully saturated rings. The second-order valence-electron chi connectivity index (χ2n) is 11.6. The lowest BCUT2D eigenvalue weighted by Crippen LogP contribution is -2.33. The van der Waals surface area contributed by atoms with Gasteiger partial charge in [0.05, 0.1) is 43.0 Å². The maximum Gasteiger partial charge on any atom is 0.338 e. The van der Waals surface area contributed by atoms with Crippen molar-refractivity contribution in [1.82, 2.24) is 4.57 Å². The molecule has 5 aromatic rings. The molecule has 2 aliphatic rings. The summed E-state index contributed by atoms with van der Waals surface area (Å²) < 4.78 is 17.5. The number of aromatic nitrogens is 1. The molecule has 50 heavy (non-hydrogen) atoms. The number of nitrogens with zero attached hydrogens (tertiary/aromatic N) is 2. The molecule has 1 saturated heterocycles. The molecule has 3 atom stereocenters. The van der Waals surface area contributed by atoms with Crippen LogP contribution in [0.2, 0.25) is 0 Å². The highest BCUT2D eigenvalue weighted by atomic mass is 32.2. The Morgan fingerprint density at radius 2 is 1.60 bits per heavy atom. The highest BCUT2D eigenvalue weighted by Crippen LogP contribution is 2.54. The van der Waals surface area contributed by atoms with Crippen molar-refractivity contribution in [1.29, 1.82) is 0 Å². The molecule has 7 rings (SSSR count). The number of benzene rings is 4. The van der Waals surface area contributed by atoms with Gasteiger partial charge in [-0.25, -0.2) is 9.69 Å². The summed E-state index contributed by atoms with van der Waals surface area (Å²) in [4.78, 5) is 69.2. The average molecular weight is 710 g/mol. The van der Waals surface area contributed by atoms with E-state index in [1.807, 2.05) is 36.4 Å². The van der Waals surface area contributed by atoms with Gasteiger partial charge >= 0.3 is 10.8 Å². The number of imide groups is 1. The smallest absolute Gasteiger partial charge is 0.338 e. The largest absolute Gasteiger partial charge is 0.493 e. The van der Waals surface area contributed by atoms with E-state index in [4.69, 9.17) is 14.2 Å². The van der Waals surface area contributed by atoms with Crippen LogP contribution in [0, 0.1) is 5.92 Å². The minimum absolute atomic E-state index is 0.210. The van der Waals surface area contributed by atoms with Crippen molar-refractivity contribution in [3.05, 3.63) is 111 Å². The second kappa shape index (κ2) is 13.5. The first kappa shape index (κ1) is 33.1. The van der Waals surface area contributed by atoms with Crippen molar-refractivity contribution in [2.24, 2.45) is 5.92 Å². The molecule has 0 saturated carbocycles. The van der Waals surface area contributed by atoms with E-state index in [0.29, 0.717) is 38.3 Å². The monoisotopic (exact) mass is 709 g/mol. The number of hydrogen-bond donors (Lipinski definition) is 1. The minimum atomic E-state index is -0.904. The number of rotatable bonds is 9. The molecule has 1 aromatic heterocycles. The van der Waals surface area contributed by atoms with Crippen LogP contribution in [0.3, 0.4) is 0 Å². The van der Waals surface area contributed by atoms with Crippen molar-refractivity contribution in [3.63, 3.8) is 0 Å². The molecular formula is C37H31N3O8S2. The van der Waals surface area contributed by atoms with E-state index in [1.54, 1.807) is 43.3 Å².